The van der Waals surface area contributed by atoms with E-state index in [1.54, 1.807) is 6.07 Å². The van der Waals surface area contributed by atoms with Gasteiger partial charge in [-0.05, 0) is 48.9 Å². The van der Waals surface area contributed by atoms with E-state index in [1.807, 2.05) is 25.2 Å². The largest absolute Gasteiger partial charge is 0.416 e. The molecule has 0 saturated heterocycles. The first-order valence-electron chi connectivity index (χ1n) is 6.49. The van der Waals surface area contributed by atoms with Crippen molar-refractivity contribution in [2.45, 2.75) is 18.6 Å². The summed E-state index contributed by atoms with van der Waals surface area (Å²) in [7, 11) is 1.82. The molecule has 0 heterocycles. The molecule has 0 saturated carbocycles. The quantitative estimate of drug-likeness (QED) is 0.850. The molecule has 1 atom stereocenters. The van der Waals surface area contributed by atoms with Gasteiger partial charge in [0.2, 0.25) is 0 Å². The van der Waals surface area contributed by atoms with Crippen LogP contribution in [-0.2, 0) is 12.6 Å². The van der Waals surface area contributed by atoms with E-state index in [2.05, 4.69) is 5.32 Å². The highest BCUT2D eigenvalue weighted by Crippen LogP contribution is 2.30. The third-order valence-corrected chi connectivity index (χ3v) is 3.56. The summed E-state index contributed by atoms with van der Waals surface area (Å²) in [5.41, 5.74) is 1.21. The van der Waals surface area contributed by atoms with Crippen LogP contribution in [0.15, 0.2) is 48.5 Å². The molecule has 0 aliphatic heterocycles. The van der Waals surface area contributed by atoms with Gasteiger partial charge in [-0.25, -0.2) is 0 Å². The van der Waals surface area contributed by atoms with Crippen LogP contribution in [0.4, 0.5) is 13.2 Å². The Bertz CT molecular complexity index is 593. The Morgan fingerprint density at radius 2 is 1.76 bits per heavy atom. The van der Waals surface area contributed by atoms with Crippen LogP contribution in [0.2, 0.25) is 5.02 Å². The maximum Gasteiger partial charge on any atom is 0.416 e. The molecule has 21 heavy (non-hydrogen) atoms. The summed E-state index contributed by atoms with van der Waals surface area (Å²) in [6.07, 6.45) is -3.71. The van der Waals surface area contributed by atoms with Gasteiger partial charge >= 0.3 is 6.18 Å². The third-order valence-electron chi connectivity index (χ3n) is 3.32. The minimum atomic E-state index is -4.30. The molecule has 1 unspecified atom stereocenters. The molecule has 2 rings (SSSR count). The summed E-state index contributed by atoms with van der Waals surface area (Å²) >= 11 is 5.97. The lowest BCUT2D eigenvalue weighted by Crippen LogP contribution is -2.18. The predicted molar refractivity (Wildman–Crippen MR) is 78.4 cm³/mol. The molecule has 1 N–H and O–H groups in total. The lowest BCUT2D eigenvalue weighted by molar-refractivity contribution is -0.137. The van der Waals surface area contributed by atoms with Crippen LogP contribution in [0.5, 0.6) is 0 Å². The molecular formula is C16H15ClF3N. The average Bonchev–Trinajstić information content (AvgIpc) is 2.44. The zero-order valence-corrected chi connectivity index (χ0v) is 12.2. The number of hydrogen-bond acceptors (Lipinski definition) is 1. The minimum absolute atomic E-state index is 0.000404. The van der Waals surface area contributed by atoms with Gasteiger partial charge < -0.3 is 5.32 Å². The van der Waals surface area contributed by atoms with Crippen LogP contribution in [0.25, 0.3) is 0 Å². The number of benzene rings is 2. The standard InChI is InChI=1S/C16H15ClF3N/c1-21-15(12-3-2-4-14(17)10-12)9-11-5-7-13(8-6-11)16(18,19)20/h2-8,10,15,21H,9H2,1H3. The molecule has 0 bridgehead atoms. The zero-order chi connectivity index (χ0) is 15.5. The molecule has 0 amide bonds. The van der Waals surface area contributed by atoms with Gasteiger partial charge in [0, 0.05) is 11.1 Å². The van der Waals surface area contributed by atoms with E-state index >= 15 is 0 Å². The number of hydrogen-bond donors (Lipinski definition) is 1. The molecule has 1 nitrogen and oxygen atoms in total. The van der Waals surface area contributed by atoms with Crippen LogP contribution < -0.4 is 5.32 Å². The van der Waals surface area contributed by atoms with Gasteiger partial charge in [-0.15, -0.1) is 0 Å². The summed E-state index contributed by atoms with van der Waals surface area (Å²) in [6, 6.07) is 12.7. The fourth-order valence-corrected chi connectivity index (χ4v) is 2.37. The molecule has 0 fully saturated rings. The molecule has 0 spiro atoms. The SMILES string of the molecule is CNC(Cc1ccc(C(F)(F)F)cc1)c1cccc(Cl)c1. The van der Waals surface area contributed by atoms with Gasteiger partial charge in [0.05, 0.1) is 5.56 Å². The molecule has 5 heteroatoms. The van der Waals surface area contributed by atoms with Gasteiger partial charge in [0.1, 0.15) is 0 Å². The van der Waals surface area contributed by atoms with Gasteiger partial charge in [-0.3, -0.25) is 0 Å². The Morgan fingerprint density at radius 1 is 1.10 bits per heavy atom. The smallest absolute Gasteiger partial charge is 0.313 e. The molecule has 0 aromatic heterocycles. The number of alkyl halides is 3. The van der Waals surface area contributed by atoms with Crippen molar-refractivity contribution in [2.24, 2.45) is 0 Å². The molecule has 2 aromatic carbocycles. The average molecular weight is 314 g/mol. The first-order chi connectivity index (χ1) is 9.90. The van der Waals surface area contributed by atoms with Crippen molar-refractivity contribution in [3.05, 3.63) is 70.2 Å². The fraction of sp³-hybridized carbons (Fsp3) is 0.250. The summed E-state index contributed by atoms with van der Waals surface area (Å²) < 4.78 is 37.6. The first kappa shape index (κ1) is 15.9. The van der Waals surface area contributed by atoms with Crippen LogP contribution in [0.1, 0.15) is 22.7 Å². The highest BCUT2D eigenvalue weighted by atomic mass is 35.5. The van der Waals surface area contributed by atoms with Crippen molar-refractivity contribution >= 4 is 11.6 Å². The molecule has 0 aliphatic carbocycles. The minimum Gasteiger partial charge on any atom is -0.313 e. The van der Waals surface area contributed by atoms with Crippen LogP contribution in [0, 0.1) is 0 Å². The monoisotopic (exact) mass is 313 g/mol. The van der Waals surface area contributed by atoms with Gasteiger partial charge in [0.15, 0.2) is 0 Å². The Balaban J connectivity index is 2.15. The third kappa shape index (κ3) is 4.22. The summed E-state index contributed by atoms with van der Waals surface area (Å²) in [5, 5.41) is 3.80. The predicted octanol–water partition coefficient (Wildman–Crippen LogP) is 4.86. The van der Waals surface area contributed by atoms with Crippen LogP contribution in [-0.4, -0.2) is 7.05 Å². The summed E-state index contributed by atoms with van der Waals surface area (Å²) in [5.74, 6) is 0. The second-order valence-electron chi connectivity index (χ2n) is 4.80. The van der Waals surface area contributed by atoms with Crippen molar-refractivity contribution < 1.29 is 13.2 Å². The van der Waals surface area contributed by atoms with Crippen LogP contribution in [0.3, 0.4) is 0 Å². The first-order valence-corrected chi connectivity index (χ1v) is 6.87. The molecule has 112 valence electrons. The molecule has 0 aliphatic rings. The topological polar surface area (TPSA) is 12.0 Å². The van der Waals surface area contributed by atoms with E-state index in [0.717, 1.165) is 23.3 Å². The Hall–Kier alpha value is -1.52. The van der Waals surface area contributed by atoms with Crippen LogP contribution >= 0.6 is 11.6 Å². The summed E-state index contributed by atoms with van der Waals surface area (Å²) in [6.45, 7) is 0. The van der Waals surface area contributed by atoms with E-state index in [-0.39, 0.29) is 6.04 Å². The van der Waals surface area contributed by atoms with Crippen molar-refractivity contribution in [3.8, 4) is 0 Å². The maximum absolute atomic E-state index is 12.5. The molecule has 2 aromatic rings. The van der Waals surface area contributed by atoms with Crippen molar-refractivity contribution in [1.82, 2.24) is 5.32 Å². The van der Waals surface area contributed by atoms with Gasteiger partial charge in [-0.2, -0.15) is 13.2 Å². The number of rotatable bonds is 4. The number of likely N-dealkylation sites (N-methyl/N-ethyl adjacent to an activating group) is 1. The van der Waals surface area contributed by atoms with E-state index in [9.17, 15) is 13.2 Å². The molecular weight excluding hydrogens is 299 g/mol. The Labute approximate surface area is 126 Å². The van der Waals surface area contributed by atoms with E-state index < -0.39 is 11.7 Å². The van der Waals surface area contributed by atoms with E-state index in [0.29, 0.717) is 11.4 Å². The second-order valence-corrected chi connectivity index (χ2v) is 5.23. The van der Waals surface area contributed by atoms with Crippen molar-refractivity contribution in [2.75, 3.05) is 7.05 Å². The Kier molecular flexibility index (Phi) is 4.91. The summed E-state index contributed by atoms with van der Waals surface area (Å²) in [4.78, 5) is 0. The van der Waals surface area contributed by atoms with Gasteiger partial charge in [-0.1, -0.05) is 35.9 Å². The van der Waals surface area contributed by atoms with Crippen molar-refractivity contribution in [1.29, 1.82) is 0 Å². The zero-order valence-electron chi connectivity index (χ0n) is 11.4. The number of nitrogens with one attached hydrogen (secondary N) is 1. The highest BCUT2D eigenvalue weighted by molar-refractivity contribution is 6.30. The van der Waals surface area contributed by atoms with E-state index in [1.165, 1.54) is 12.1 Å². The van der Waals surface area contributed by atoms with Crippen molar-refractivity contribution in [3.63, 3.8) is 0 Å². The van der Waals surface area contributed by atoms with Gasteiger partial charge in [0.25, 0.3) is 0 Å². The molecule has 0 radical (unpaired) electrons. The normalized spacial score (nSPS) is 13.2. The maximum atomic E-state index is 12.5. The lowest BCUT2D eigenvalue weighted by Gasteiger charge is -2.17. The fourth-order valence-electron chi connectivity index (χ4n) is 2.18. The second kappa shape index (κ2) is 6.50. The highest BCUT2D eigenvalue weighted by Gasteiger charge is 2.29. The lowest BCUT2D eigenvalue weighted by atomic mass is 9.98. The van der Waals surface area contributed by atoms with E-state index in [4.69, 9.17) is 11.6 Å². The number of halogens is 4. The Morgan fingerprint density at radius 3 is 2.29 bits per heavy atom.